The number of oxime groups is 1. The molecule has 2 rings (SSSR count). The van der Waals surface area contributed by atoms with Gasteiger partial charge in [0.2, 0.25) is 0 Å². The number of hydrogen-bond acceptors (Lipinski definition) is 3. The summed E-state index contributed by atoms with van der Waals surface area (Å²) in [5.74, 6) is 0. The van der Waals surface area contributed by atoms with Crippen LogP contribution >= 0.6 is 11.6 Å². The highest BCUT2D eigenvalue weighted by atomic mass is 35.5. The van der Waals surface area contributed by atoms with E-state index in [0.717, 1.165) is 17.8 Å². The van der Waals surface area contributed by atoms with Gasteiger partial charge in [-0.15, -0.1) is 11.6 Å². The zero-order valence-electron chi connectivity index (χ0n) is 9.72. The fourth-order valence-electron chi connectivity index (χ4n) is 1.73. The standard InChI is InChI=1S/C11H16ClN3O/c1-7(2)15-6-13-5-10(15)9-4-11(8(3)12)16-14-9/h5-8,11H,4H2,1-3H3. The molecule has 0 saturated carbocycles. The minimum absolute atomic E-state index is 0.0211. The van der Waals surface area contributed by atoms with Gasteiger partial charge in [-0.05, 0) is 20.8 Å². The molecular weight excluding hydrogens is 226 g/mol. The minimum atomic E-state index is -0.0309. The summed E-state index contributed by atoms with van der Waals surface area (Å²) in [6.45, 7) is 6.15. The maximum Gasteiger partial charge on any atom is 0.149 e. The lowest BCUT2D eigenvalue weighted by Crippen LogP contribution is -2.19. The average Bonchev–Trinajstić information content (AvgIpc) is 2.86. The van der Waals surface area contributed by atoms with Crippen molar-refractivity contribution in [2.24, 2.45) is 5.16 Å². The summed E-state index contributed by atoms with van der Waals surface area (Å²) in [5, 5.41) is 4.06. The molecule has 16 heavy (non-hydrogen) atoms. The van der Waals surface area contributed by atoms with Crippen molar-refractivity contribution in [2.75, 3.05) is 0 Å². The Balaban J connectivity index is 2.17. The molecule has 0 N–H and O–H groups in total. The van der Waals surface area contributed by atoms with Crippen molar-refractivity contribution in [1.29, 1.82) is 0 Å². The second kappa shape index (κ2) is 4.45. The Labute approximate surface area is 100 Å². The topological polar surface area (TPSA) is 39.4 Å². The fraction of sp³-hybridized carbons (Fsp3) is 0.636. The molecule has 0 aliphatic carbocycles. The number of nitrogens with zero attached hydrogens (tertiary/aromatic N) is 3. The third-order valence-electron chi connectivity index (χ3n) is 2.72. The van der Waals surface area contributed by atoms with Crippen molar-refractivity contribution < 1.29 is 4.84 Å². The van der Waals surface area contributed by atoms with Crippen LogP contribution in [0, 0.1) is 0 Å². The molecule has 0 spiro atoms. The van der Waals surface area contributed by atoms with Gasteiger partial charge in [-0.1, -0.05) is 5.16 Å². The van der Waals surface area contributed by atoms with E-state index in [1.54, 1.807) is 0 Å². The number of halogens is 1. The van der Waals surface area contributed by atoms with Gasteiger partial charge in [-0.2, -0.15) is 0 Å². The SMILES string of the molecule is CC(Cl)C1CC(c2cncn2C(C)C)=NO1. The Kier molecular flexibility index (Phi) is 3.19. The van der Waals surface area contributed by atoms with Crippen LogP contribution in [0.3, 0.4) is 0 Å². The smallest absolute Gasteiger partial charge is 0.149 e. The van der Waals surface area contributed by atoms with Crippen LogP contribution in [0.15, 0.2) is 17.7 Å². The number of imidazole rings is 1. The van der Waals surface area contributed by atoms with Crippen molar-refractivity contribution in [1.82, 2.24) is 9.55 Å². The van der Waals surface area contributed by atoms with E-state index in [1.807, 2.05) is 19.4 Å². The van der Waals surface area contributed by atoms with Gasteiger partial charge in [0.1, 0.15) is 11.8 Å². The molecule has 1 aromatic rings. The molecule has 0 fully saturated rings. The maximum absolute atomic E-state index is 5.99. The predicted octanol–water partition coefficient (Wildman–Crippen LogP) is 2.58. The first-order valence-electron chi connectivity index (χ1n) is 5.48. The van der Waals surface area contributed by atoms with Crippen molar-refractivity contribution in [3.8, 4) is 0 Å². The first-order valence-corrected chi connectivity index (χ1v) is 5.92. The normalized spacial score (nSPS) is 22.1. The van der Waals surface area contributed by atoms with Crippen molar-refractivity contribution >= 4 is 17.3 Å². The Morgan fingerprint density at radius 3 is 2.81 bits per heavy atom. The number of hydrogen-bond donors (Lipinski definition) is 0. The highest BCUT2D eigenvalue weighted by Gasteiger charge is 2.28. The molecule has 2 unspecified atom stereocenters. The minimum Gasteiger partial charge on any atom is -0.390 e. The van der Waals surface area contributed by atoms with Crippen LogP contribution < -0.4 is 0 Å². The molecule has 88 valence electrons. The quantitative estimate of drug-likeness (QED) is 0.763. The molecule has 5 heteroatoms. The molecule has 1 aliphatic rings. The number of rotatable bonds is 3. The van der Waals surface area contributed by atoms with Gasteiger partial charge in [0.15, 0.2) is 0 Å². The summed E-state index contributed by atoms with van der Waals surface area (Å²) in [7, 11) is 0. The van der Waals surface area contributed by atoms with Crippen molar-refractivity contribution in [3.63, 3.8) is 0 Å². The van der Waals surface area contributed by atoms with Crippen LogP contribution in [-0.2, 0) is 4.84 Å². The Morgan fingerprint density at radius 2 is 2.25 bits per heavy atom. The van der Waals surface area contributed by atoms with Crippen LogP contribution in [0.4, 0.5) is 0 Å². The van der Waals surface area contributed by atoms with Gasteiger partial charge >= 0.3 is 0 Å². The molecule has 0 radical (unpaired) electrons. The summed E-state index contributed by atoms with van der Waals surface area (Å²) in [5.41, 5.74) is 1.96. The maximum atomic E-state index is 5.99. The molecule has 0 saturated heterocycles. The second-order valence-corrected chi connectivity index (χ2v) is 5.03. The molecular formula is C11H16ClN3O. The number of aromatic nitrogens is 2. The lowest BCUT2D eigenvalue weighted by molar-refractivity contribution is 0.0855. The van der Waals surface area contributed by atoms with Crippen LogP contribution in [0.1, 0.15) is 38.9 Å². The first-order chi connectivity index (χ1) is 7.59. The lowest BCUT2D eigenvalue weighted by Gasteiger charge is -2.11. The Hall–Kier alpha value is -1.03. The van der Waals surface area contributed by atoms with Gasteiger partial charge in [-0.25, -0.2) is 4.98 Å². The molecule has 1 aliphatic heterocycles. The zero-order valence-corrected chi connectivity index (χ0v) is 10.5. The van der Waals surface area contributed by atoms with E-state index in [0.29, 0.717) is 6.04 Å². The summed E-state index contributed by atoms with van der Waals surface area (Å²) in [4.78, 5) is 9.45. The lowest BCUT2D eigenvalue weighted by atomic mass is 10.1. The van der Waals surface area contributed by atoms with Crippen LogP contribution in [0.2, 0.25) is 0 Å². The molecule has 0 amide bonds. The van der Waals surface area contributed by atoms with Gasteiger partial charge in [0.25, 0.3) is 0 Å². The molecule has 2 heterocycles. The first kappa shape index (κ1) is 11.5. The highest BCUT2D eigenvalue weighted by molar-refractivity contribution is 6.21. The third-order valence-corrected chi connectivity index (χ3v) is 3.00. The molecule has 1 aromatic heterocycles. The summed E-state index contributed by atoms with van der Waals surface area (Å²) in [6, 6.07) is 0.368. The van der Waals surface area contributed by atoms with E-state index < -0.39 is 0 Å². The predicted molar refractivity (Wildman–Crippen MR) is 64.0 cm³/mol. The molecule has 0 aromatic carbocycles. The van der Waals surface area contributed by atoms with E-state index in [1.165, 1.54) is 0 Å². The van der Waals surface area contributed by atoms with Gasteiger partial charge < -0.3 is 9.40 Å². The van der Waals surface area contributed by atoms with E-state index >= 15 is 0 Å². The molecule has 4 nitrogen and oxygen atoms in total. The Bertz CT molecular complexity index is 398. The highest BCUT2D eigenvalue weighted by Crippen LogP contribution is 2.22. The zero-order chi connectivity index (χ0) is 11.7. The van der Waals surface area contributed by atoms with Crippen LogP contribution in [-0.4, -0.2) is 26.7 Å². The van der Waals surface area contributed by atoms with Crippen LogP contribution in [0.5, 0.6) is 0 Å². The second-order valence-electron chi connectivity index (χ2n) is 4.34. The van der Waals surface area contributed by atoms with E-state index in [9.17, 15) is 0 Å². The third kappa shape index (κ3) is 2.07. The van der Waals surface area contributed by atoms with E-state index in [-0.39, 0.29) is 11.5 Å². The largest absolute Gasteiger partial charge is 0.390 e. The average molecular weight is 242 g/mol. The number of alkyl halides is 1. The molecule has 0 bridgehead atoms. The van der Waals surface area contributed by atoms with Gasteiger partial charge in [0.05, 0.1) is 23.6 Å². The van der Waals surface area contributed by atoms with Gasteiger partial charge in [0, 0.05) is 12.5 Å². The summed E-state index contributed by atoms with van der Waals surface area (Å²) in [6.07, 6.45) is 4.37. The summed E-state index contributed by atoms with van der Waals surface area (Å²) < 4.78 is 2.09. The van der Waals surface area contributed by atoms with E-state index in [4.69, 9.17) is 16.4 Å². The van der Waals surface area contributed by atoms with Crippen molar-refractivity contribution in [2.45, 2.75) is 44.7 Å². The van der Waals surface area contributed by atoms with Gasteiger partial charge in [-0.3, -0.25) is 0 Å². The van der Waals surface area contributed by atoms with E-state index in [2.05, 4.69) is 28.6 Å². The van der Waals surface area contributed by atoms with Crippen LogP contribution in [0.25, 0.3) is 0 Å². The fourth-order valence-corrected chi connectivity index (χ4v) is 1.87. The summed E-state index contributed by atoms with van der Waals surface area (Å²) >= 11 is 5.99. The molecule has 2 atom stereocenters. The van der Waals surface area contributed by atoms with Crippen molar-refractivity contribution in [3.05, 3.63) is 18.2 Å². The monoisotopic (exact) mass is 241 g/mol. The Morgan fingerprint density at radius 1 is 1.50 bits per heavy atom.